The number of hydrogen-bond acceptors (Lipinski definition) is 9. The van der Waals surface area contributed by atoms with E-state index in [2.05, 4.69) is 10.2 Å². The third-order valence-electron chi connectivity index (χ3n) is 8.61. The van der Waals surface area contributed by atoms with Crippen LogP contribution in [0, 0.1) is 5.92 Å². The molecule has 1 fully saturated rings. The van der Waals surface area contributed by atoms with Gasteiger partial charge in [0.2, 0.25) is 5.91 Å². The van der Waals surface area contributed by atoms with Crippen molar-refractivity contribution in [1.82, 2.24) is 25.0 Å². The number of amides is 2. The van der Waals surface area contributed by atoms with Crippen molar-refractivity contribution in [1.29, 1.82) is 0 Å². The third kappa shape index (κ3) is 7.55. The molecule has 1 atom stereocenters. The summed E-state index contributed by atoms with van der Waals surface area (Å²) in [5.74, 6) is -0.147. The Morgan fingerprint density at radius 3 is 2.58 bits per heavy atom. The molecule has 0 aliphatic carbocycles. The number of pyridine rings is 1. The molecule has 2 aliphatic heterocycles. The zero-order valence-electron chi connectivity index (χ0n) is 28.3. The van der Waals surface area contributed by atoms with Crippen LogP contribution in [0.25, 0.3) is 27.0 Å². The van der Waals surface area contributed by atoms with Crippen molar-refractivity contribution in [3.8, 4) is 11.4 Å². The SMILES string of the molecule is CNC(=O)C1CCN(c2nc(-c3cc4n(n3)CCN(C(=O)OC(C)(C)C)[C@@H]4C)c(C(COCCOC)=C(F)/C=C/F)c3sccc23)CC1. The smallest absolute Gasteiger partial charge is 0.410 e. The maximum Gasteiger partial charge on any atom is 0.410 e. The molecule has 3 aromatic heterocycles. The van der Waals surface area contributed by atoms with Gasteiger partial charge >= 0.3 is 6.09 Å². The zero-order valence-corrected chi connectivity index (χ0v) is 29.2. The predicted molar refractivity (Wildman–Crippen MR) is 182 cm³/mol. The van der Waals surface area contributed by atoms with Gasteiger partial charge in [-0.15, -0.1) is 11.3 Å². The Morgan fingerprint density at radius 2 is 1.92 bits per heavy atom. The summed E-state index contributed by atoms with van der Waals surface area (Å²) < 4.78 is 48.5. The van der Waals surface area contributed by atoms with Gasteiger partial charge in [0.15, 0.2) is 0 Å². The number of piperidine rings is 1. The first-order valence-corrected chi connectivity index (χ1v) is 17.0. The average Bonchev–Trinajstić information content (AvgIpc) is 3.72. The molecular weight excluding hydrogens is 642 g/mol. The van der Waals surface area contributed by atoms with E-state index in [0.29, 0.717) is 68.4 Å². The van der Waals surface area contributed by atoms with Gasteiger partial charge in [-0.25, -0.2) is 18.6 Å². The first kappa shape index (κ1) is 35.4. The van der Waals surface area contributed by atoms with Crippen LogP contribution in [-0.4, -0.2) is 90.9 Å². The van der Waals surface area contributed by atoms with Gasteiger partial charge in [0.25, 0.3) is 0 Å². The minimum atomic E-state index is -0.791. The van der Waals surface area contributed by atoms with Gasteiger partial charge in [-0.3, -0.25) is 14.4 Å². The molecule has 1 N–H and O–H groups in total. The lowest BCUT2D eigenvalue weighted by molar-refractivity contribution is -0.125. The Kier molecular flexibility index (Phi) is 11.2. The van der Waals surface area contributed by atoms with Gasteiger partial charge in [0.05, 0.1) is 44.4 Å². The van der Waals surface area contributed by atoms with E-state index in [0.717, 1.165) is 21.9 Å². The fourth-order valence-corrected chi connectivity index (χ4v) is 7.16. The number of ether oxygens (including phenoxy) is 3. The monoisotopic (exact) mass is 686 g/mol. The molecule has 11 nitrogen and oxygen atoms in total. The summed E-state index contributed by atoms with van der Waals surface area (Å²) in [6.07, 6.45) is 1.85. The number of anilines is 1. The fraction of sp³-hybridized carbons (Fsp3) is 0.529. The van der Waals surface area contributed by atoms with Crippen molar-refractivity contribution < 1.29 is 32.6 Å². The minimum Gasteiger partial charge on any atom is -0.444 e. The number of halogens is 2. The highest BCUT2D eigenvalue weighted by atomic mass is 32.1. The standard InChI is InChI=1S/C34H44F2N6O5S/c1-21-27-19-26(39-42(27)15-14-41(21)33(44)47-34(2,3)4)29-28(24(25(36)7-11-35)20-46-17-16-45-6)30-23(10-18-48-30)31(38-29)40-12-8-22(9-13-40)32(43)37-5/h7,10-11,18-19,21-22H,8-9,12-17,20H2,1-6H3,(H,37,43)/b11-7+,25-24?/t21-/m1/s1. The molecule has 2 amide bonds. The first-order chi connectivity index (χ1) is 23.0. The van der Waals surface area contributed by atoms with Crippen molar-refractivity contribution in [2.75, 3.05) is 58.5 Å². The lowest BCUT2D eigenvalue weighted by atomic mass is 9.95. The zero-order chi connectivity index (χ0) is 34.6. The third-order valence-corrected chi connectivity index (χ3v) is 9.54. The van der Waals surface area contributed by atoms with Crippen LogP contribution in [0.15, 0.2) is 35.7 Å². The van der Waals surface area contributed by atoms with E-state index in [9.17, 15) is 14.0 Å². The summed E-state index contributed by atoms with van der Waals surface area (Å²) in [5, 5.41) is 10.4. The molecule has 5 rings (SSSR count). The summed E-state index contributed by atoms with van der Waals surface area (Å²) in [6.45, 7) is 9.80. The van der Waals surface area contributed by atoms with E-state index in [1.165, 1.54) is 11.3 Å². The maximum absolute atomic E-state index is 15.9. The van der Waals surface area contributed by atoms with Crippen LogP contribution >= 0.6 is 11.3 Å². The summed E-state index contributed by atoms with van der Waals surface area (Å²) in [4.78, 5) is 34.5. The molecule has 0 saturated carbocycles. The van der Waals surface area contributed by atoms with Crippen molar-refractivity contribution >= 4 is 44.8 Å². The van der Waals surface area contributed by atoms with Crippen LogP contribution in [-0.2, 0) is 25.5 Å². The molecular formula is C34H44F2N6O5S. The number of fused-ring (bicyclic) bond motifs is 2. The van der Waals surface area contributed by atoms with Crippen LogP contribution in [0.1, 0.15) is 57.8 Å². The first-order valence-electron chi connectivity index (χ1n) is 16.1. The Morgan fingerprint density at radius 1 is 1.17 bits per heavy atom. The van der Waals surface area contributed by atoms with Crippen molar-refractivity contribution in [3.63, 3.8) is 0 Å². The summed E-state index contributed by atoms with van der Waals surface area (Å²) in [5.41, 5.74) is 1.63. The van der Waals surface area contributed by atoms with Crippen LogP contribution in [0.3, 0.4) is 0 Å². The van der Waals surface area contributed by atoms with Gasteiger partial charge in [-0.05, 0) is 58.0 Å². The molecule has 0 unspecified atom stereocenters. The Hall–Kier alpha value is -3.88. The van der Waals surface area contributed by atoms with Crippen molar-refractivity contribution in [3.05, 3.63) is 47.0 Å². The number of allylic oxidation sites excluding steroid dienone is 2. The molecule has 1 saturated heterocycles. The molecule has 14 heteroatoms. The van der Waals surface area contributed by atoms with Gasteiger partial charge in [-0.1, -0.05) is 0 Å². The molecule has 0 bridgehead atoms. The summed E-state index contributed by atoms with van der Waals surface area (Å²) >= 11 is 1.43. The predicted octanol–water partition coefficient (Wildman–Crippen LogP) is 6.26. The van der Waals surface area contributed by atoms with E-state index < -0.39 is 17.5 Å². The second kappa shape index (κ2) is 15.1. The quantitative estimate of drug-likeness (QED) is 0.197. The normalized spacial score (nSPS) is 18.0. The molecule has 3 aromatic rings. The Balaban J connectivity index is 1.64. The average molecular weight is 687 g/mol. The number of thiophene rings is 1. The highest BCUT2D eigenvalue weighted by Crippen LogP contribution is 2.43. The Labute approximate surface area is 283 Å². The topological polar surface area (TPSA) is 111 Å². The molecule has 48 heavy (non-hydrogen) atoms. The number of carbonyl (C=O) groups excluding carboxylic acids is 2. The second-order valence-electron chi connectivity index (χ2n) is 12.9. The molecule has 5 heterocycles. The lowest BCUT2D eigenvalue weighted by Crippen LogP contribution is -2.43. The van der Waals surface area contributed by atoms with Gasteiger partial charge < -0.3 is 24.4 Å². The summed E-state index contributed by atoms with van der Waals surface area (Å²) in [7, 11) is 3.20. The van der Waals surface area contributed by atoms with Gasteiger partial charge in [0.1, 0.15) is 28.6 Å². The van der Waals surface area contributed by atoms with E-state index in [-0.39, 0.29) is 43.0 Å². The van der Waals surface area contributed by atoms with Crippen LogP contribution in [0.4, 0.5) is 19.4 Å². The molecule has 0 aromatic carbocycles. The minimum absolute atomic E-state index is 0.0251. The molecule has 0 radical (unpaired) electrons. The number of hydrogen-bond donors (Lipinski definition) is 1. The lowest BCUT2D eigenvalue weighted by Gasteiger charge is -2.35. The maximum atomic E-state index is 15.9. The fourth-order valence-electron chi connectivity index (χ4n) is 6.19. The largest absolute Gasteiger partial charge is 0.444 e. The molecule has 2 aliphatic rings. The number of carbonyl (C=O) groups is 2. The van der Waals surface area contributed by atoms with E-state index in [1.807, 2.05) is 49.9 Å². The molecule has 0 spiro atoms. The van der Waals surface area contributed by atoms with E-state index in [1.54, 1.807) is 19.1 Å². The van der Waals surface area contributed by atoms with Gasteiger partial charge in [0, 0.05) is 67.0 Å². The van der Waals surface area contributed by atoms with E-state index in [4.69, 9.17) is 24.3 Å². The van der Waals surface area contributed by atoms with Crippen LogP contribution in [0.2, 0.25) is 0 Å². The number of methoxy groups -OCH3 is 1. The number of aromatic nitrogens is 3. The van der Waals surface area contributed by atoms with Gasteiger partial charge in [-0.2, -0.15) is 5.10 Å². The van der Waals surface area contributed by atoms with Crippen LogP contribution < -0.4 is 10.2 Å². The van der Waals surface area contributed by atoms with Crippen molar-refractivity contribution in [2.45, 2.75) is 58.7 Å². The van der Waals surface area contributed by atoms with Crippen molar-refractivity contribution in [2.24, 2.45) is 5.92 Å². The number of rotatable bonds is 10. The highest BCUT2D eigenvalue weighted by Gasteiger charge is 2.34. The second-order valence-corrected chi connectivity index (χ2v) is 13.8. The highest BCUT2D eigenvalue weighted by molar-refractivity contribution is 7.17. The van der Waals surface area contributed by atoms with Crippen LogP contribution in [0.5, 0.6) is 0 Å². The number of nitrogens with one attached hydrogen (secondary N) is 1. The Bertz CT molecular complexity index is 1690. The molecule has 260 valence electrons. The number of nitrogens with zero attached hydrogens (tertiary/aromatic N) is 5. The summed E-state index contributed by atoms with van der Waals surface area (Å²) in [6, 6.07) is 3.47. The van der Waals surface area contributed by atoms with E-state index >= 15 is 4.39 Å².